The number of ether oxygens (including phenoxy) is 1. The van der Waals surface area contributed by atoms with E-state index in [9.17, 15) is 9.59 Å². The smallest absolute Gasteiger partial charge is 0.317 e. The number of hydrogen-bond donors (Lipinski definition) is 2. The van der Waals surface area contributed by atoms with Crippen LogP contribution < -0.4 is 5.32 Å². The fourth-order valence-corrected chi connectivity index (χ4v) is 4.25. The Hall–Kier alpha value is -1.30. The first-order chi connectivity index (χ1) is 11.1. The van der Waals surface area contributed by atoms with Crippen LogP contribution in [0.4, 0.5) is 4.79 Å². The highest BCUT2D eigenvalue weighted by Gasteiger charge is 2.40. The molecule has 0 aromatic rings. The van der Waals surface area contributed by atoms with Crippen molar-refractivity contribution in [1.82, 2.24) is 10.2 Å². The maximum absolute atomic E-state index is 12.2. The summed E-state index contributed by atoms with van der Waals surface area (Å²) in [4.78, 5) is 24.9. The molecular weight excluding hydrogens is 296 g/mol. The Bertz CT molecular complexity index is 440. The fraction of sp³-hybridized carbons (Fsp3) is 0.882. The van der Waals surface area contributed by atoms with E-state index in [0.717, 1.165) is 12.8 Å². The van der Waals surface area contributed by atoms with Crippen molar-refractivity contribution in [2.45, 2.75) is 69.5 Å². The number of carboxylic acids is 1. The lowest BCUT2D eigenvalue weighted by molar-refractivity contribution is -0.143. The molecule has 3 aliphatic rings. The summed E-state index contributed by atoms with van der Waals surface area (Å²) in [6.07, 6.45) is 9.55. The van der Waals surface area contributed by atoms with Crippen molar-refractivity contribution >= 4 is 12.0 Å². The summed E-state index contributed by atoms with van der Waals surface area (Å²) >= 11 is 0. The van der Waals surface area contributed by atoms with Crippen LogP contribution in [0.3, 0.4) is 0 Å². The van der Waals surface area contributed by atoms with Gasteiger partial charge in [0.05, 0.1) is 17.6 Å². The van der Waals surface area contributed by atoms with E-state index in [1.54, 1.807) is 4.90 Å². The van der Waals surface area contributed by atoms with Crippen LogP contribution in [0.2, 0.25) is 0 Å². The van der Waals surface area contributed by atoms with E-state index in [0.29, 0.717) is 32.5 Å². The summed E-state index contributed by atoms with van der Waals surface area (Å²) in [5, 5.41) is 12.0. The second-order valence-electron chi connectivity index (χ2n) is 7.31. The minimum absolute atomic E-state index is 0.0815. The van der Waals surface area contributed by atoms with Crippen LogP contribution in [0.15, 0.2) is 0 Å². The molecule has 3 fully saturated rings. The van der Waals surface area contributed by atoms with Gasteiger partial charge in [-0.2, -0.15) is 0 Å². The summed E-state index contributed by atoms with van der Waals surface area (Å²) in [6.45, 7) is 1.62. The van der Waals surface area contributed by atoms with Crippen LogP contribution in [0.25, 0.3) is 0 Å². The predicted molar refractivity (Wildman–Crippen MR) is 85.3 cm³/mol. The van der Waals surface area contributed by atoms with Crippen molar-refractivity contribution in [3.05, 3.63) is 0 Å². The minimum atomic E-state index is -0.748. The number of piperidine rings is 1. The minimum Gasteiger partial charge on any atom is -0.481 e. The first kappa shape index (κ1) is 16.6. The van der Waals surface area contributed by atoms with Gasteiger partial charge in [0.2, 0.25) is 0 Å². The topological polar surface area (TPSA) is 78.9 Å². The third kappa shape index (κ3) is 3.97. The number of carbonyl (C=O) groups excluding carboxylic acids is 1. The van der Waals surface area contributed by atoms with Crippen molar-refractivity contribution in [3.8, 4) is 0 Å². The Kier molecular flexibility index (Phi) is 5.09. The van der Waals surface area contributed by atoms with Crippen molar-refractivity contribution < 1.29 is 19.4 Å². The SMILES string of the molecule is O=C(O)C1CCN(C(=O)NCC2CCC3(CCCCC3)O2)CC1. The van der Waals surface area contributed by atoms with E-state index >= 15 is 0 Å². The van der Waals surface area contributed by atoms with Gasteiger partial charge >= 0.3 is 12.0 Å². The molecule has 2 N–H and O–H groups in total. The zero-order valence-corrected chi connectivity index (χ0v) is 13.8. The quantitative estimate of drug-likeness (QED) is 0.835. The summed E-state index contributed by atoms with van der Waals surface area (Å²) in [6, 6.07) is -0.0815. The van der Waals surface area contributed by atoms with Gasteiger partial charge in [0, 0.05) is 19.6 Å². The van der Waals surface area contributed by atoms with Gasteiger partial charge in [-0.05, 0) is 38.5 Å². The van der Waals surface area contributed by atoms with E-state index in [1.807, 2.05) is 0 Å². The molecule has 130 valence electrons. The molecule has 2 heterocycles. The first-order valence-electron chi connectivity index (χ1n) is 9.01. The molecule has 23 heavy (non-hydrogen) atoms. The number of hydrogen-bond acceptors (Lipinski definition) is 3. The molecule has 6 nitrogen and oxygen atoms in total. The number of amides is 2. The van der Waals surface area contributed by atoms with E-state index < -0.39 is 5.97 Å². The van der Waals surface area contributed by atoms with Crippen molar-refractivity contribution in [1.29, 1.82) is 0 Å². The number of carbonyl (C=O) groups is 2. The summed E-state index contributed by atoms with van der Waals surface area (Å²) in [7, 11) is 0. The molecule has 1 unspecified atom stereocenters. The Morgan fingerprint density at radius 1 is 1.09 bits per heavy atom. The van der Waals surface area contributed by atoms with Crippen LogP contribution in [0, 0.1) is 5.92 Å². The Labute approximate surface area is 137 Å². The van der Waals surface area contributed by atoms with Crippen LogP contribution in [-0.2, 0) is 9.53 Å². The fourth-order valence-electron chi connectivity index (χ4n) is 4.25. The molecule has 2 saturated heterocycles. The summed E-state index contributed by atoms with van der Waals surface area (Å²) in [5.41, 5.74) is 0.0908. The number of urea groups is 1. The highest BCUT2D eigenvalue weighted by Crippen LogP contribution is 2.41. The highest BCUT2D eigenvalue weighted by molar-refractivity contribution is 5.75. The zero-order valence-electron chi connectivity index (χ0n) is 13.8. The van der Waals surface area contributed by atoms with E-state index in [1.165, 1.54) is 32.1 Å². The van der Waals surface area contributed by atoms with E-state index in [2.05, 4.69) is 5.32 Å². The Morgan fingerprint density at radius 2 is 1.78 bits per heavy atom. The third-order valence-electron chi connectivity index (χ3n) is 5.72. The molecule has 1 aliphatic carbocycles. The largest absolute Gasteiger partial charge is 0.481 e. The number of rotatable bonds is 3. The molecule has 0 bridgehead atoms. The first-order valence-corrected chi connectivity index (χ1v) is 9.01. The van der Waals surface area contributed by atoms with Crippen molar-refractivity contribution in [2.24, 2.45) is 5.92 Å². The van der Waals surface area contributed by atoms with Crippen LogP contribution in [-0.4, -0.2) is 53.3 Å². The second kappa shape index (κ2) is 7.07. The molecule has 0 radical (unpaired) electrons. The molecule has 0 aromatic carbocycles. The standard InChI is InChI=1S/C17H28N2O4/c20-15(21)13-5-10-19(11-6-13)16(22)18-12-14-4-9-17(23-14)7-2-1-3-8-17/h13-14H,1-12H2,(H,18,22)(H,20,21). The van der Waals surface area contributed by atoms with Gasteiger partial charge in [-0.1, -0.05) is 19.3 Å². The number of nitrogens with zero attached hydrogens (tertiary/aromatic N) is 1. The van der Waals surface area contributed by atoms with Gasteiger partial charge in [0.25, 0.3) is 0 Å². The number of likely N-dealkylation sites (tertiary alicyclic amines) is 1. The monoisotopic (exact) mass is 324 g/mol. The Morgan fingerprint density at radius 3 is 2.43 bits per heavy atom. The Balaban J connectivity index is 1.39. The summed E-state index contributed by atoms with van der Waals surface area (Å²) in [5.74, 6) is -1.05. The maximum atomic E-state index is 12.2. The highest BCUT2D eigenvalue weighted by atomic mass is 16.5. The second-order valence-corrected chi connectivity index (χ2v) is 7.31. The lowest BCUT2D eigenvalue weighted by Crippen LogP contribution is -2.47. The van der Waals surface area contributed by atoms with Crippen LogP contribution in [0.1, 0.15) is 57.8 Å². The molecule has 6 heteroatoms. The zero-order chi connectivity index (χ0) is 16.3. The van der Waals surface area contributed by atoms with Crippen LogP contribution >= 0.6 is 0 Å². The van der Waals surface area contributed by atoms with Gasteiger partial charge in [-0.25, -0.2) is 4.79 Å². The van der Waals surface area contributed by atoms with Gasteiger partial charge in [-0.15, -0.1) is 0 Å². The van der Waals surface area contributed by atoms with Crippen molar-refractivity contribution in [3.63, 3.8) is 0 Å². The van der Waals surface area contributed by atoms with Crippen molar-refractivity contribution in [2.75, 3.05) is 19.6 Å². The molecule has 2 aliphatic heterocycles. The van der Waals surface area contributed by atoms with E-state index in [-0.39, 0.29) is 23.7 Å². The average Bonchev–Trinajstić information content (AvgIpc) is 2.96. The number of nitrogens with one attached hydrogen (secondary N) is 1. The number of carboxylic acid groups (broad SMARTS) is 1. The molecule has 1 saturated carbocycles. The predicted octanol–water partition coefficient (Wildman–Crippen LogP) is 2.37. The number of aliphatic carboxylic acids is 1. The third-order valence-corrected chi connectivity index (χ3v) is 5.72. The maximum Gasteiger partial charge on any atom is 0.317 e. The normalized spacial score (nSPS) is 28.0. The van der Waals surface area contributed by atoms with E-state index in [4.69, 9.17) is 9.84 Å². The molecule has 0 aromatic heterocycles. The molecule has 1 spiro atoms. The lowest BCUT2D eigenvalue weighted by atomic mass is 9.83. The van der Waals surface area contributed by atoms with Gasteiger partial charge < -0.3 is 20.1 Å². The summed E-state index contributed by atoms with van der Waals surface area (Å²) < 4.78 is 6.27. The molecule has 1 atom stereocenters. The average molecular weight is 324 g/mol. The van der Waals surface area contributed by atoms with Gasteiger partial charge in [-0.3, -0.25) is 4.79 Å². The van der Waals surface area contributed by atoms with Gasteiger partial charge in [0.1, 0.15) is 0 Å². The molecular formula is C17H28N2O4. The molecule has 2 amide bonds. The lowest BCUT2D eigenvalue weighted by Gasteiger charge is -2.33. The van der Waals surface area contributed by atoms with Crippen LogP contribution in [0.5, 0.6) is 0 Å². The van der Waals surface area contributed by atoms with Gasteiger partial charge in [0.15, 0.2) is 0 Å². The molecule has 3 rings (SSSR count).